The summed E-state index contributed by atoms with van der Waals surface area (Å²) < 4.78 is 6.17. The lowest BCUT2D eigenvalue weighted by Gasteiger charge is -2.07. The molecule has 1 heterocycles. The van der Waals surface area contributed by atoms with E-state index in [1.54, 1.807) is 36.4 Å². The van der Waals surface area contributed by atoms with Gasteiger partial charge in [0, 0.05) is 6.20 Å². The number of nitrogens with zero attached hydrogens (tertiary/aromatic N) is 2. The fourth-order valence-electron chi connectivity index (χ4n) is 1.60. The molecule has 5 nitrogen and oxygen atoms in total. The van der Waals surface area contributed by atoms with Crippen molar-refractivity contribution in [3.8, 4) is 5.75 Å². The van der Waals surface area contributed by atoms with E-state index in [0.717, 1.165) is 4.73 Å². The highest BCUT2D eigenvalue weighted by Crippen LogP contribution is 2.18. The van der Waals surface area contributed by atoms with E-state index < -0.39 is 5.91 Å². The van der Waals surface area contributed by atoms with Crippen LogP contribution in [0.15, 0.2) is 53.7 Å². The number of alkyl halides is 1. The Kier molecular flexibility index (Phi) is 4.79. The Hall–Kier alpha value is -2.27. The van der Waals surface area contributed by atoms with Gasteiger partial charge in [-0.2, -0.15) is 9.72 Å². The Morgan fingerprint density at radius 1 is 1.25 bits per heavy atom. The molecule has 0 saturated carbocycles. The maximum absolute atomic E-state index is 12.1. The fourth-order valence-corrected chi connectivity index (χ4v) is 1.67. The van der Waals surface area contributed by atoms with Crippen LogP contribution >= 0.6 is 11.6 Å². The summed E-state index contributed by atoms with van der Waals surface area (Å²) in [5.74, 6) is 0.251. The number of aromatic nitrogens is 1. The molecule has 0 bridgehead atoms. The highest BCUT2D eigenvalue weighted by Gasteiger charge is 2.11. The minimum Gasteiger partial charge on any atom is -0.492 e. The summed E-state index contributed by atoms with van der Waals surface area (Å²) in [6.45, 7) is 0.303. The number of rotatable bonds is 4. The van der Waals surface area contributed by atoms with Crippen LogP contribution in [0.5, 0.6) is 5.75 Å². The standard InChI is InChI=1S/C14H13ClN2O3/c15-8-10-20-12-6-2-1-5-11(12)14(18)16-13-7-3-4-9-17(13)19/h1-7,9,19H,8,10H2. The Morgan fingerprint density at radius 3 is 2.75 bits per heavy atom. The number of hydrogen-bond acceptors (Lipinski definition) is 3. The number of carbonyl (C=O) groups is 1. The largest absolute Gasteiger partial charge is 0.492 e. The van der Waals surface area contributed by atoms with Crippen molar-refractivity contribution in [3.63, 3.8) is 0 Å². The lowest BCUT2D eigenvalue weighted by molar-refractivity contribution is 0.0984. The predicted molar refractivity (Wildman–Crippen MR) is 74.2 cm³/mol. The molecule has 0 unspecified atom stereocenters. The molecular weight excluding hydrogens is 280 g/mol. The number of amides is 1. The van der Waals surface area contributed by atoms with Gasteiger partial charge in [0.25, 0.3) is 5.91 Å². The Labute approximate surface area is 120 Å². The Balaban J connectivity index is 2.35. The van der Waals surface area contributed by atoms with E-state index in [4.69, 9.17) is 16.3 Å². The van der Waals surface area contributed by atoms with Crippen LogP contribution in [0.4, 0.5) is 0 Å². The summed E-state index contributed by atoms with van der Waals surface area (Å²) in [6.07, 6.45) is 1.39. The van der Waals surface area contributed by atoms with Gasteiger partial charge in [0.2, 0.25) is 0 Å². The van der Waals surface area contributed by atoms with Crippen LogP contribution in [-0.2, 0) is 0 Å². The molecule has 0 fully saturated rings. The summed E-state index contributed by atoms with van der Waals surface area (Å²) in [5, 5.41) is 9.54. The molecule has 104 valence electrons. The lowest BCUT2D eigenvalue weighted by atomic mass is 10.2. The average molecular weight is 293 g/mol. The van der Waals surface area contributed by atoms with Crippen molar-refractivity contribution < 1.29 is 14.7 Å². The molecule has 0 atom stereocenters. The van der Waals surface area contributed by atoms with Gasteiger partial charge in [0.1, 0.15) is 12.4 Å². The minimum absolute atomic E-state index is 0.143. The van der Waals surface area contributed by atoms with Crippen LogP contribution in [0, 0.1) is 0 Å². The lowest BCUT2D eigenvalue weighted by Crippen LogP contribution is -2.19. The zero-order valence-corrected chi connectivity index (χ0v) is 11.3. The zero-order chi connectivity index (χ0) is 14.4. The van der Waals surface area contributed by atoms with E-state index in [0.29, 0.717) is 23.8 Å². The monoisotopic (exact) mass is 292 g/mol. The van der Waals surface area contributed by atoms with Gasteiger partial charge in [-0.15, -0.1) is 11.6 Å². The van der Waals surface area contributed by atoms with Crippen LogP contribution < -0.4 is 10.2 Å². The van der Waals surface area contributed by atoms with Crippen LogP contribution in [0.25, 0.3) is 0 Å². The van der Waals surface area contributed by atoms with Crippen molar-refractivity contribution in [1.82, 2.24) is 4.73 Å². The molecule has 6 heteroatoms. The van der Waals surface area contributed by atoms with E-state index in [9.17, 15) is 10.0 Å². The highest BCUT2D eigenvalue weighted by molar-refractivity contribution is 6.18. The predicted octanol–water partition coefficient (Wildman–Crippen LogP) is 2.08. The molecule has 0 radical (unpaired) electrons. The van der Waals surface area contributed by atoms with Gasteiger partial charge >= 0.3 is 0 Å². The third-order valence-corrected chi connectivity index (χ3v) is 2.64. The maximum Gasteiger partial charge on any atom is 0.282 e. The molecule has 0 aliphatic rings. The molecule has 2 aromatic rings. The molecule has 0 saturated heterocycles. The second-order valence-electron chi connectivity index (χ2n) is 3.85. The summed E-state index contributed by atoms with van der Waals surface area (Å²) in [7, 11) is 0. The Morgan fingerprint density at radius 2 is 2.00 bits per heavy atom. The molecular formula is C14H13ClN2O3. The second-order valence-corrected chi connectivity index (χ2v) is 4.23. The second kappa shape index (κ2) is 6.77. The smallest absolute Gasteiger partial charge is 0.282 e. The summed E-state index contributed by atoms with van der Waals surface area (Å²) >= 11 is 5.56. The Bertz CT molecular complexity index is 667. The number of hydrogen-bond donors (Lipinski definition) is 1. The van der Waals surface area contributed by atoms with Gasteiger partial charge in [-0.05, 0) is 24.3 Å². The molecule has 0 aliphatic carbocycles. The summed E-state index contributed by atoms with van der Waals surface area (Å²) in [6, 6.07) is 11.6. The first kappa shape index (κ1) is 14.1. The molecule has 1 aromatic carbocycles. The van der Waals surface area contributed by atoms with Crippen molar-refractivity contribution in [3.05, 3.63) is 59.7 Å². The quantitative estimate of drug-likeness (QED) is 0.693. The third kappa shape index (κ3) is 3.39. The number of benzene rings is 1. The van der Waals surface area contributed by atoms with Gasteiger partial charge in [-0.1, -0.05) is 18.2 Å². The van der Waals surface area contributed by atoms with Gasteiger partial charge in [-0.3, -0.25) is 4.79 Å². The van der Waals surface area contributed by atoms with Gasteiger partial charge in [-0.25, -0.2) is 0 Å². The summed E-state index contributed by atoms with van der Waals surface area (Å²) in [4.78, 5) is 16.0. The fraction of sp³-hybridized carbons (Fsp3) is 0.143. The minimum atomic E-state index is -0.496. The number of halogens is 1. The number of carbonyl (C=O) groups excluding carboxylic acids is 1. The van der Waals surface area contributed by atoms with Gasteiger partial charge < -0.3 is 9.94 Å². The normalized spacial score (nSPS) is 11.3. The average Bonchev–Trinajstić information content (AvgIpc) is 2.47. The molecule has 2 rings (SSSR count). The number of pyridine rings is 1. The zero-order valence-electron chi connectivity index (χ0n) is 10.6. The van der Waals surface area contributed by atoms with Gasteiger partial charge in [0.05, 0.1) is 11.4 Å². The van der Waals surface area contributed by atoms with Crippen molar-refractivity contribution in [1.29, 1.82) is 0 Å². The maximum atomic E-state index is 12.1. The summed E-state index contributed by atoms with van der Waals surface area (Å²) in [5.41, 5.74) is 0.464. The first-order valence-corrected chi connectivity index (χ1v) is 6.49. The highest BCUT2D eigenvalue weighted by atomic mass is 35.5. The van der Waals surface area contributed by atoms with Crippen LogP contribution in [0.1, 0.15) is 10.4 Å². The SMILES string of the molecule is O=C(N=c1ccccn1O)c1ccccc1OCCCl. The van der Waals surface area contributed by atoms with E-state index in [1.165, 1.54) is 12.3 Å². The number of ether oxygens (including phenoxy) is 1. The van der Waals surface area contributed by atoms with Crippen molar-refractivity contribution in [2.75, 3.05) is 12.5 Å². The van der Waals surface area contributed by atoms with Gasteiger partial charge in [0.15, 0.2) is 5.49 Å². The topological polar surface area (TPSA) is 63.8 Å². The molecule has 1 amide bonds. The van der Waals surface area contributed by atoms with Crippen molar-refractivity contribution in [2.24, 2.45) is 4.99 Å². The van der Waals surface area contributed by atoms with E-state index in [1.807, 2.05) is 0 Å². The first-order valence-electron chi connectivity index (χ1n) is 5.96. The molecule has 0 spiro atoms. The number of para-hydroxylation sites is 1. The molecule has 1 aromatic heterocycles. The van der Waals surface area contributed by atoms with Crippen LogP contribution in [-0.4, -0.2) is 28.3 Å². The van der Waals surface area contributed by atoms with Crippen LogP contribution in [0.2, 0.25) is 0 Å². The van der Waals surface area contributed by atoms with Crippen molar-refractivity contribution in [2.45, 2.75) is 0 Å². The van der Waals surface area contributed by atoms with E-state index in [-0.39, 0.29) is 5.49 Å². The van der Waals surface area contributed by atoms with Crippen molar-refractivity contribution >= 4 is 17.5 Å². The molecule has 20 heavy (non-hydrogen) atoms. The first-order chi connectivity index (χ1) is 9.72. The molecule has 0 aliphatic heterocycles. The third-order valence-electron chi connectivity index (χ3n) is 2.49. The van der Waals surface area contributed by atoms with Crippen LogP contribution in [0.3, 0.4) is 0 Å². The van der Waals surface area contributed by atoms with E-state index >= 15 is 0 Å². The van der Waals surface area contributed by atoms with E-state index in [2.05, 4.69) is 4.99 Å². The molecule has 1 N–H and O–H groups in total.